The molecule has 146 valence electrons. The highest BCUT2D eigenvalue weighted by atomic mass is 127. The maximum atomic E-state index is 11.9. The number of carbonyl (C=O) groups is 1. The molecule has 0 bridgehead atoms. The van der Waals surface area contributed by atoms with E-state index in [2.05, 4.69) is 27.5 Å². The number of aliphatic imine (C=N–C) groups is 1. The minimum atomic E-state index is -0.277. The Hall–Kier alpha value is -1.77. The van der Waals surface area contributed by atoms with E-state index in [0.717, 1.165) is 11.4 Å². The van der Waals surface area contributed by atoms with Gasteiger partial charge in [-0.3, -0.25) is 4.79 Å². The molecule has 0 heterocycles. The summed E-state index contributed by atoms with van der Waals surface area (Å²) in [7, 11) is 0. The first-order valence-electron chi connectivity index (χ1n) is 8.43. The lowest BCUT2D eigenvalue weighted by molar-refractivity contribution is -0.121. The fraction of sp³-hybridized carbons (Fsp3) is 0.474. The van der Waals surface area contributed by atoms with Crippen LogP contribution in [0.4, 0.5) is 5.69 Å². The summed E-state index contributed by atoms with van der Waals surface area (Å²) in [4.78, 5) is 16.2. The van der Waals surface area contributed by atoms with Crippen LogP contribution in [-0.2, 0) is 4.79 Å². The highest BCUT2D eigenvalue weighted by molar-refractivity contribution is 14.0. The highest BCUT2D eigenvalue weighted by Crippen LogP contribution is 2.16. The van der Waals surface area contributed by atoms with E-state index in [1.165, 1.54) is 0 Å². The van der Waals surface area contributed by atoms with Gasteiger partial charge in [0.1, 0.15) is 12.3 Å². The smallest absolute Gasteiger partial charge is 0.242 e. The van der Waals surface area contributed by atoms with Gasteiger partial charge in [-0.1, -0.05) is 6.08 Å². The number of rotatable bonds is 7. The average molecular weight is 474 g/mol. The maximum Gasteiger partial charge on any atom is 0.242 e. The van der Waals surface area contributed by atoms with Crippen molar-refractivity contribution in [2.75, 3.05) is 18.4 Å². The van der Waals surface area contributed by atoms with Gasteiger partial charge in [-0.05, 0) is 58.9 Å². The number of guanidine groups is 1. The van der Waals surface area contributed by atoms with Gasteiger partial charge in [0.15, 0.2) is 5.96 Å². The van der Waals surface area contributed by atoms with Gasteiger partial charge in [-0.25, -0.2) is 4.99 Å². The van der Waals surface area contributed by atoms with Crippen LogP contribution < -0.4 is 20.7 Å². The van der Waals surface area contributed by atoms with Crippen molar-refractivity contribution in [2.45, 2.75) is 46.3 Å². The zero-order valence-electron chi connectivity index (χ0n) is 16.3. The van der Waals surface area contributed by atoms with Crippen LogP contribution >= 0.6 is 24.0 Å². The molecule has 26 heavy (non-hydrogen) atoms. The van der Waals surface area contributed by atoms with Crippen LogP contribution in [-0.4, -0.2) is 36.6 Å². The summed E-state index contributed by atoms with van der Waals surface area (Å²) < 4.78 is 5.62. The molecule has 0 aliphatic heterocycles. The number of benzene rings is 1. The summed E-state index contributed by atoms with van der Waals surface area (Å²) in [6, 6.07) is 7.58. The second-order valence-corrected chi connectivity index (χ2v) is 6.95. The summed E-state index contributed by atoms with van der Waals surface area (Å²) in [5.41, 5.74) is 0.573. The number of nitrogens with one attached hydrogen (secondary N) is 3. The molecule has 1 rings (SSSR count). The van der Waals surface area contributed by atoms with E-state index in [1.807, 2.05) is 58.9 Å². The Labute approximate surface area is 173 Å². The molecule has 7 heteroatoms. The summed E-state index contributed by atoms with van der Waals surface area (Å²) in [5, 5.41) is 9.14. The predicted octanol–water partition coefficient (Wildman–Crippen LogP) is 3.55. The molecule has 6 nitrogen and oxygen atoms in total. The number of hydrogen-bond acceptors (Lipinski definition) is 3. The second-order valence-electron chi connectivity index (χ2n) is 6.95. The van der Waals surface area contributed by atoms with Crippen molar-refractivity contribution in [1.29, 1.82) is 0 Å². The fourth-order valence-corrected chi connectivity index (χ4v) is 1.94. The van der Waals surface area contributed by atoms with Crippen molar-refractivity contribution in [1.82, 2.24) is 10.6 Å². The van der Waals surface area contributed by atoms with Gasteiger partial charge >= 0.3 is 0 Å². The largest absolute Gasteiger partial charge is 0.491 e. The monoisotopic (exact) mass is 474 g/mol. The van der Waals surface area contributed by atoms with Gasteiger partial charge in [0.25, 0.3) is 0 Å². The summed E-state index contributed by atoms with van der Waals surface area (Å²) in [6.45, 7) is 14.0. The van der Waals surface area contributed by atoms with E-state index in [4.69, 9.17) is 4.74 Å². The third kappa shape index (κ3) is 11.0. The van der Waals surface area contributed by atoms with Crippen molar-refractivity contribution in [3.8, 4) is 5.75 Å². The number of nitrogens with zero attached hydrogens (tertiary/aromatic N) is 1. The molecular formula is C19H31IN4O2. The minimum absolute atomic E-state index is 0. The van der Waals surface area contributed by atoms with Crippen molar-refractivity contribution >= 4 is 41.5 Å². The summed E-state index contributed by atoms with van der Waals surface area (Å²) in [5.74, 6) is 1.19. The minimum Gasteiger partial charge on any atom is -0.491 e. The second kappa shape index (κ2) is 11.8. The van der Waals surface area contributed by atoms with Crippen LogP contribution in [0.2, 0.25) is 0 Å². The Bertz CT molecular complexity index is 593. The van der Waals surface area contributed by atoms with Crippen molar-refractivity contribution in [2.24, 2.45) is 4.99 Å². The first-order valence-corrected chi connectivity index (χ1v) is 8.43. The van der Waals surface area contributed by atoms with E-state index < -0.39 is 0 Å². The Morgan fingerprint density at radius 3 is 2.38 bits per heavy atom. The maximum absolute atomic E-state index is 11.9. The van der Waals surface area contributed by atoms with E-state index in [-0.39, 0.29) is 48.1 Å². The molecule has 0 atom stereocenters. The molecule has 0 aromatic heterocycles. The normalized spacial score (nSPS) is 11.4. The van der Waals surface area contributed by atoms with Crippen LogP contribution in [0, 0.1) is 0 Å². The Morgan fingerprint density at radius 2 is 1.88 bits per heavy atom. The number of hydrogen-bond donors (Lipinski definition) is 3. The average Bonchev–Trinajstić information content (AvgIpc) is 2.49. The number of anilines is 1. The molecule has 0 saturated carbocycles. The van der Waals surface area contributed by atoms with Gasteiger partial charge in [0, 0.05) is 17.8 Å². The Morgan fingerprint density at radius 1 is 1.27 bits per heavy atom. The van der Waals surface area contributed by atoms with Crippen LogP contribution in [0.3, 0.4) is 0 Å². The van der Waals surface area contributed by atoms with Crippen LogP contribution in [0.5, 0.6) is 5.75 Å². The molecule has 1 aromatic carbocycles. The number of amides is 1. The van der Waals surface area contributed by atoms with Gasteiger partial charge in [0.05, 0.1) is 6.10 Å². The molecule has 1 amide bonds. The number of ether oxygens (including phenoxy) is 1. The van der Waals surface area contributed by atoms with Crippen LogP contribution in [0.1, 0.15) is 34.6 Å². The third-order valence-electron chi connectivity index (χ3n) is 2.80. The molecule has 0 spiro atoms. The summed E-state index contributed by atoms with van der Waals surface area (Å²) >= 11 is 0. The molecule has 3 N–H and O–H groups in total. The van der Waals surface area contributed by atoms with Crippen LogP contribution in [0.25, 0.3) is 0 Å². The standard InChI is InChI=1S/C19H30N4O2.HI/c1-7-12-20-18(21-13-17(24)23-19(4,5)6)22-15-8-10-16(11-9-15)25-14(2)3;/h7-11,14H,1,12-13H2,2-6H3,(H,23,24)(H2,20,21,22);1H. The number of halogens is 1. The van der Waals surface area contributed by atoms with Gasteiger partial charge in [0.2, 0.25) is 5.91 Å². The van der Waals surface area contributed by atoms with Crippen molar-refractivity contribution < 1.29 is 9.53 Å². The zero-order chi connectivity index (χ0) is 18.9. The molecule has 0 radical (unpaired) electrons. The Balaban J connectivity index is 0.00000625. The molecule has 0 fully saturated rings. The van der Waals surface area contributed by atoms with Gasteiger partial charge in [-0.15, -0.1) is 30.6 Å². The molecule has 0 aliphatic rings. The predicted molar refractivity (Wildman–Crippen MR) is 120 cm³/mol. The van der Waals surface area contributed by atoms with E-state index in [9.17, 15) is 4.79 Å². The SMILES string of the molecule is C=CCNC(=NCC(=O)NC(C)(C)C)Nc1ccc(OC(C)C)cc1.I. The zero-order valence-corrected chi connectivity index (χ0v) is 18.6. The molecule has 0 saturated heterocycles. The van der Waals surface area contributed by atoms with Gasteiger partial charge < -0.3 is 20.7 Å². The molecular weight excluding hydrogens is 443 g/mol. The fourth-order valence-electron chi connectivity index (χ4n) is 1.94. The first-order chi connectivity index (χ1) is 11.7. The van der Waals surface area contributed by atoms with E-state index in [1.54, 1.807) is 6.08 Å². The van der Waals surface area contributed by atoms with Crippen LogP contribution in [0.15, 0.2) is 41.9 Å². The quantitative estimate of drug-likeness (QED) is 0.245. The lowest BCUT2D eigenvalue weighted by atomic mass is 10.1. The number of carbonyl (C=O) groups excluding carboxylic acids is 1. The highest BCUT2D eigenvalue weighted by Gasteiger charge is 2.13. The lowest BCUT2D eigenvalue weighted by Gasteiger charge is -2.20. The van der Waals surface area contributed by atoms with Crippen molar-refractivity contribution in [3.05, 3.63) is 36.9 Å². The van der Waals surface area contributed by atoms with Crippen molar-refractivity contribution in [3.63, 3.8) is 0 Å². The molecule has 0 aliphatic carbocycles. The topological polar surface area (TPSA) is 74.8 Å². The first kappa shape index (κ1) is 24.2. The molecule has 1 aromatic rings. The Kier molecular flexibility index (Phi) is 11.0. The van der Waals surface area contributed by atoms with Gasteiger partial charge in [-0.2, -0.15) is 0 Å². The van der Waals surface area contributed by atoms with E-state index in [0.29, 0.717) is 12.5 Å². The molecule has 0 unspecified atom stereocenters. The lowest BCUT2D eigenvalue weighted by Crippen LogP contribution is -2.42. The third-order valence-corrected chi connectivity index (χ3v) is 2.80. The summed E-state index contributed by atoms with van der Waals surface area (Å²) in [6.07, 6.45) is 1.86. The van der Waals surface area contributed by atoms with E-state index >= 15 is 0 Å².